The molecule has 0 aromatic heterocycles. The Kier molecular flexibility index (Phi) is 9.77. The second kappa shape index (κ2) is 9.93. The van der Waals surface area contributed by atoms with E-state index in [1.807, 2.05) is 0 Å². The first-order chi connectivity index (χ1) is 7.56. The smallest absolute Gasteiger partial charge is 0.251 e. The van der Waals surface area contributed by atoms with E-state index >= 15 is 0 Å². The Balaban J connectivity index is 3.51. The standard InChI is InChI=1S/C11H24F2N2O/c1-10(2)3-7-16-8-6-15(5-4-14)9-11(12)13/h10-11H,3-9,14H2,1-2H3. The van der Waals surface area contributed by atoms with Gasteiger partial charge in [-0.2, -0.15) is 0 Å². The lowest BCUT2D eigenvalue weighted by atomic mass is 10.1. The van der Waals surface area contributed by atoms with Crippen LogP contribution in [0.3, 0.4) is 0 Å². The van der Waals surface area contributed by atoms with Crippen LogP contribution in [0.25, 0.3) is 0 Å². The van der Waals surface area contributed by atoms with Gasteiger partial charge in [0.1, 0.15) is 0 Å². The molecule has 0 fully saturated rings. The molecule has 0 bridgehead atoms. The topological polar surface area (TPSA) is 38.5 Å². The molecule has 0 amide bonds. The first-order valence-corrected chi connectivity index (χ1v) is 5.84. The molecular weight excluding hydrogens is 214 g/mol. The summed E-state index contributed by atoms with van der Waals surface area (Å²) in [7, 11) is 0. The maximum absolute atomic E-state index is 12.2. The van der Waals surface area contributed by atoms with Gasteiger partial charge in [-0.3, -0.25) is 4.90 Å². The minimum Gasteiger partial charge on any atom is -0.380 e. The molecule has 5 heteroatoms. The number of nitrogens with two attached hydrogens (primary N) is 1. The SMILES string of the molecule is CC(C)CCOCCN(CCN)CC(F)F. The van der Waals surface area contributed by atoms with E-state index in [-0.39, 0.29) is 6.54 Å². The summed E-state index contributed by atoms with van der Waals surface area (Å²) in [5.41, 5.74) is 5.35. The highest BCUT2D eigenvalue weighted by molar-refractivity contribution is 4.59. The molecule has 16 heavy (non-hydrogen) atoms. The highest BCUT2D eigenvalue weighted by Gasteiger charge is 2.10. The van der Waals surface area contributed by atoms with Crippen molar-refractivity contribution in [1.82, 2.24) is 4.90 Å². The molecule has 0 atom stereocenters. The third kappa shape index (κ3) is 10.3. The van der Waals surface area contributed by atoms with Crippen molar-refractivity contribution in [3.05, 3.63) is 0 Å². The van der Waals surface area contributed by atoms with Crippen molar-refractivity contribution in [3.63, 3.8) is 0 Å². The molecule has 0 saturated heterocycles. The van der Waals surface area contributed by atoms with Crippen molar-refractivity contribution in [2.24, 2.45) is 11.7 Å². The van der Waals surface area contributed by atoms with Crippen molar-refractivity contribution in [2.45, 2.75) is 26.7 Å². The molecule has 98 valence electrons. The van der Waals surface area contributed by atoms with Crippen LogP contribution < -0.4 is 5.73 Å². The lowest BCUT2D eigenvalue weighted by Gasteiger charge is -2.20. The molecule has 0 unspecified atom stereocenters. The second-order valence-corrected chi connectivity index (χ2v) is 4.28. The molecule has 2 N–H and O–H groups in total. The van der Waals surface area contributed by atoms with Gasteiger partial charge in [0.25, 0.3) is 6.43 Å². The Morgan fingerprint density at radius 3 is 2.38 bits per heavy atom. The predicted molar refractivity (Wildman–Crippen MR) is 61.8 cm³/mol. The summed E-state index contributed by atoms with van der Waals surface area (Å²) in [6.07, 6.45) is -1.30. The van der Waals surface area contributed by atoms with Crippen molar-refractivity contribution in [2.75, 3.05) is 39.4 Å². The molecule has 3 nitrogen and oxygen atoms in total. The maximum atomic E-state index is 12.2. The van der Waals surface area contributed by atoms with E-state index in [2.05, 4.69) is 13.8 Å². The molecule has 0 aliphatic heterocycles. The predicted octanol–water partition coefficient (Wildman–Crippen LogP) is 1.57. The molecule has 0 spiro atoms. The van der Waals surface area contributed by atoms with Crippen molar-refractivity contribution in [3.8, 4) is 0 Å². The van der Waals surface area contributed by atoms with Gasteiger partial charge in [-0.1, -0.05) is 13.8 Å². The Labute approximate surface area is 96.9 Å². The number of nitrogens with zero attached hydrogens (tertiary/aromatic N) is 1. The summed E-state index contributed by atoms with van der Waals surface area (Å²) in [5.74, 6) is 0.612. The Hall–Kier alpha value is -0.260. The fourth-order valence-corrected chi connectivity index (χ4v) is 1.29. The van der Waals surface area contributed by atoms with Crippen LogP contribution in [0.2, 0.25) is 0 Å². The first kappa shape index (κ1) is 15.7. The van der Waals surface area contributed by atoms with E-state index in [0.717, 1.165) is 6.42 Å². The Bertz CT molecular complexity index is 157. The van der Waals surface area contributed by atoms with Crippen LogP contribution in [0.4, 0.5) is 8.78 Å². The summed E-state index contributed by atoms with van der Waals surface area (Å²) >= 11 is 0. The van der Waals surface area contributed by atoms with Crippen molar-refractivity contribution >= 4 is 0 Å². The van der Waals surface area contributed by atoms with Crippen molar-refractivity contribution < 1.29 is 13.5 Å². The minimum absolute atomic E-state index is 0.218. The number of ether oxygens (including phenoxy) is 1. The van der Waals surface area contributed by atoms with E-state index in [1.165, 1.54) is 0 Å². The van der Waals surface area contributed by atoms with E-state index < -0.39 is 6.43 Å². The average Bonchev–Trinajstić information content (AvgIpc) is 2.16. The summed E-state index contributed by atoms with van der Waals surface area (Å²) in [6.45, 7) is 6.66. The zero-order valence-corrected chi connectivity index (χ0v) is 10.3. The Morgan fingerprint density at radius 1 is 1.19 bits per heavy atom. The van der Waals surface area contributed by atoms with Crippen LogP contribution in [0.1, 0.15) is 20.3 Å². The molecule has 0 rings (SSSR count). The number of halogens is 2. The number of hydrogen-bond acceptors (Lipinski definition) is 3. The van der Waals surface area contributed by atoms with Crippen molar-refractivity contribution in [1.29, 1.82) is 0 Å². The monoisotopic (exact) mass is 238 g/mol. The van der Waals surface area contributed by atoms with Gasteiger partial charge in [-0.15, -0.1) is 0 Å². The minimum atomic E-state index is -2.30. The molecule has 0 radical (unpaired) electrons. The number of hydrogen-bond donors (Lipinski definition) is 1. The number of alkyl halides is 2. The summed E-state index contributed by atoms with van der Waals surface area (Å²) in [4.78, 5) is 1.64. The third-order valence-electron chi connectivity index (χ3n) is 2.23. The molecule has 0 heterocycles. The fourth-order valence-electron chi connectivity index (χ4n) is 1.29. The normalized spacial score (nSPS) is 12.0. The zero-order chi connectivity index (χ0) is 12.4. The lowest BCUT2D eigenvalue weighted by Crippen LogP contribution is -2.36. The molecule has 0 aromatic rings. The van der Waals surface area contributed by atoms with E-state index in [0.29, 0.717) is 38.8 Å². The second-order valence-electron chi connectivity index (χ2n) is 4.28. The highest BCUT2D eigenvalue weighted by atomic mass is 19.3. The van der Waals surface area contributed by atoms with Crippen LogP contribution in [-0.4, -0.2) is 50.7 Å². The molecule has 0 aliphatic rings. The van der Waals surface area contributed by atoms with Crippen LogP contribution >= 0.6 is 0 Å². The molecule has 0 aromatic carbocycles. The van der Waals surface area contributed by atoms with Gasteiger partial charge in [-0.25, -0.2) is 8.78 Å². The molecule has 0 saturated carbocycles. The zero-order valence-electron chi connectivity index (χ0n) is 10.3. The summed E-state index contributed by atoms with van der Waals surface area (Å²) < 4.78 is 29.7. The fraction of sp³-hybridized carbons (Fsp3) is 1.00. The van der Waals surface area contributed by atoms with E-state index in [4.69, 9.17) is 10.5 Å². The first-order valence-electron chi connectivity index (χ1n) is 5.84. The molecule has 0 aliphatic carbocycles. The van der Waals surface area contributed by atoms with Crippen LogP contribution in [0.15, 0.2) is 0 Å². The largest absolute Gasteiger partial charge is 0.380 e. The van der Waals surface area contributed by atoms with Gasteiger partial charge in [0, 0.05) is 26.2 Å². The van der Waals surface area contributed by atoms with Gasteiger partial charge in [-0.05, 0) is 12.3 Å². The van der Waals surface area contributed by atoms with Gasteiger partial charge >= 0.3 is 0 Å². The van der Waals surface area contributed by atoms with Gasteiger partial charge < -0.3 is 10.5 Å². The van der Waals surface area contributed by atoms with E-state index in [1.54, 1.807) is 4.90 Å². The summed E-state index contributed by atoms with van der Waals surface area (Å²) in [5, 5.41) is 0. The van der Waals surface area contributed by atoms with Gasteiger partial charge in [0.15, 0.2) is 0 Å². The summed E-state index contributed by atoms with van der Waals surface area (Å²) in [6, 6.07) is 0. The van der Waals surface area contributed by atoms with E-state index in [9.17, 15) is 8.78 Å². The van der Waals surface area contributed by atoms with Crippen LogP contribution in [0, 0.1) is 5.92 Å². The number of rotatable bonds is 10. The lowest BCUT2D eigenvalue weighted by molar-refractivity contribution is 0.0581. The molecular formula is C11H24F2N2O. The van der Waals surface area contributed by atoms with Gasteiger partial charge in [0.05, 0.1) is 13.2 Å². The maximum Gasteiger partial charge on any atom is 0.251 e. The highest BCUT2D eigenvalue weighted by Crippen LogP contribution is 2.00. The quantitative estimate of drug-likeness (QED) is 0.587. The average molecular weight is 238 g/mol. The Morgan fingerprint density at radius 2 is 1.88 bits per heavy atom. The van der Waals surface area contributed by atoms with Crippen LogP contribution in [-0.2, 0) is 4.74 Å². The third-order valence-corrected chi connectivity index (χ3v) is 2.23. The van der Waals surface area contributed by atoms with Crippen LogP contribution in [0.5, 0.6) is 0 Å². The van der Waals surface area contributed by atoms with Gasteiger partial charge in [0.2, 0.25) is 0 Å².